The van der Waals surface area contributed by atoms with Crippen LogP contribution >= 0.6 is 0 Å². The Kier molecular flexibility index (Phi) is 6.48. The molecule has 2 N–H and O–H groups in total. The van der Waals surface area contributed by atoms with Gasteiger partial charge in [-0.3, -0.25) is 4.79 Å². The van der Waals surface area contributed by atoms with Crippen molar-refractivity contribution in [3.63, 3.8) is 0 Å². The number of benzene rings is 1. The van der Waals surface area contributed by atoms with Gasteiger partial charge in [0.2, 0.25) is 0 Å². The number of ether oxygens (including phenoxy) is 4. The van der Waals surface area contributed by atoms with Gasteiger partial charge in [-0.1, -0.05) is 18.2 Å². The smallest absolute Gasteiger partial charge is 0.339 e. The Morgan fingerprint density at radius 1 is 1.15 bits per heavy atom. The molecule has 1 aromatic carbocycles. The molecule has 0 bridgehead atoms. The van der Waals surface area contributed by atoms with Crippen LogP contribution in [-0.4, -0.2) is 50.2 Å². The molecule has 0 aliphatic carbocycles. The highest BCUT2D eigenvalue weighted by Crippen LogP contribution is 2.54. The first-order valence-corrected chi connectivity index (χ1v) is 10.4. The van der Waals surface area contributed by atoms with Crippen LogP contribution in [0.4, 0.5) is 5.69 Å². The second-order valence-electron chi connectivity index (χ2n) is 7.68. The van der Waals surface area contributed by atoms with Gasteiger partial charge in [0.1, 0.15) is 29.3 Å². The van der Waals surface area contributed by atoms with Crippen LogP contribution < -0.4 is 10.6 Å². The topological polar surface area (TPSA) is 134 Å². The van der Waals surface area contributed by atoms with Crippen LogP contribution in [0.3, 0.4) is 0 Å². The number of carbonyl (C=O) groups is 4. The summed E-state index contributed by atoms with van der Waals surface area (Å²) >= 11 is 0. The van der Waals surface area contributed by atoms with Crippen LogP contribution in [0, 0.1) is 0 Å². The van der Waals surface area contributed by atoms with Crippen molar-refractivity contribution in [3.05, 3.63) is 52.6 Å². The highest BCUT2D eigenvalue weighted by atomic mass is 16.6. The molecule has 1 spiro atoms. The molecule has 0 aromatic heterocycles. The van der Waals surface area contributed by atoms with Gasteiger partial charge in [0.25, 0.3) is 0 Å². The minimum absolute atomic E-state index is 0.0172. The molecule has 10 nitrogen and oxygen atoms in total. The molecule has 0 fully saturated rings. The van der Waals surface area contributed by atoms with Gasteiger partial charge in [-0.05, 0) is 33.8 Å². The van der Waals surface area contributed by atoms with Crippen molar-refractivity contribution < 1.29 is 38.1 Å². The Hall–Kier alpha value is -3.82. The molecule has 3 rings (SSSR count). The molecule has 1 atom stereocenters. The predicted octanol–water partition coefficient (Wildman–Crippen LogP) is 1.43. The molecular formula is C23H26N2O8. The molecule has 2 heterocycles. The molecule has 2 aliphatic heterocycles. The first-order valence-electron chi connectivity index (χ1n) is 10.4. The molecule has 10 heteroatoms. The number of para-hydroxylation sites is 1. The van der Waals surface area contributed by atoms with Gasteiger partial charge in [0.05, 0.1) is 19.8 Å². The van der Waals surface area contributed by atoms with Crippen molar-refractivity contribution in [3.8, 4) is 0 Å². The van der Waals surface area contributed by atoms with Gasteiger partial charge in [0, 0.05) is 11.3 Å². The Morgan fingerprint density at radius 2 is 1.82 bits per heavy atom. The van der Waals surface area contributed by atoms with Crippen LogP contribution in [-0.2, 0) is 43.5 Å². The number of fused-ring (bicyclic) bond motifs is 2. The summed E-state index contributed by atoms with van der Waals surface area (Å²) in [6.07, 6.45) is -0.507. The van der Waals surface area contributed by atoms with Crippen LogP contribution in [0.5, 0.6) is 0 Å². The largest absolute Gasteiger partial charge is 0.468 e. The number of hydrogen-bond acceptors (Lipinski definition) is 10. The van der Waals surface area contributed by atoms with Crippen LogP contribution in [0.1, 0.15) is 33.3 Å². The second-order valence-corrected chi connectivity index (χ2v) is 7.68. The number of carbonyl (C=O) groups excluding carboxylic acids is 4. The Labute approximate surface area is 190 Å². The molecule has 0 amide bonds. The lowest BCUT2D eigenvalue weighted by molar-refractivity contribution is -0.148. The summed E-state index contributed by atoms with van der Waals surface area (Å²) in [5.74, 6) is -3.55. The summed E-state index contributed by atoms with van der Waals surface area (Å²) < 4.78 is 20.8. The van der Waals surface area contributed by atoms with Crippen LogP contribution in [0.15, 0.2) is 47.0 Å². The number of cyclic esters (lactones) is 1. The normalized spacial score (nSPS) is 19.6. The molecule has 1 aromatic rings. The van der Waals surface area contributed by atoms with E-state index in [4.69, 9.17) is 24.7 Å². The molecule has 1 unspecified atom stereocenters. The minimum Gasteiger partial charge on any atom is -0.468 e. The van der Waals surface area contributed by atoms with Gasteiger partial charge in [-0.2, -0.15) is 0 Å². The summed E-state index contributed by atoms with van der Waals surface area (Å²) in [4.78, 5) is 53.4. The Balaban J connectivity index is 2.41. The van der Waals surface area contributed by atoms with Gasteiger partial charge in [-0.15, -0.1) is 0 Å². The SMILES string of the molecule is CCOC(=O)C1=C(N)N(CC(=O)OC)c2ccccc2C12C(=O)OC(C)=C2C(=O)OC(C)C. The predicted molar refractivity (Wildman–Crippen MR) is 115 cm³/mol. The number of hydrogen-bond donors (Lipinski definition) is 1. The number of allylic oxidation sites excluding steroid dienone is 1. The maximum Gasteiger partial charge on any atom is 0.339 e. The van der Waals surface area contributed by atoms with Crippen LogP contribution in [0.2, 0.25) is 0 Å². The number of anilines is 1. The summed E-state index contributed by atoms with van der Waals surface area (Å²) in [5, 5.41) is 0. The number of esters is 4. The van der Waals surface area contributed by atoms with Gasteiger partial charge in [0.15, 0.2) is 5.41 Å². The van der Waals surface area contributed by atoms with Gasteiger partial charge in [-0.25, -0.2) is 14.4 Å². The van der Waals surface area contributed by atoms with E-state index in [0.29, 0.717) is 5.69 Å². The van der Waals surface area contributed by atoms with Crippen molar-refractivity contribution >= 4 is 29.6 Å². The van der Waals surface area contributed by atoms with E-state index in [2.05, 4.69) is 0 Å². The molecule has 33 heavy (non-hydrogen) atoms. The summed E-state index contributed by atoms with van der Waals surface area (Å²) in [5.41, 5.74) is 4.44. The Morgan fingerprint density at radius 3 is 2.42 bits per heavy atom. The molecule has 2 aliphatic rings. The number of rotatable bonds is 6. The molecule has 176 valence electrons. The lowest BCUT2D eigenvalue weighted by atomic mass is 9.66. The maximum absolute atomic E-state index is 13.5. The number of nitrogens with zero attached hydrogens (tertiary/aromatic N) is 1. The zero-order chi connectivity index (χ0) is 24.5. The van der Waals surface area contributed by atoms with E-state index in [1.54, 1.807) is 45.0 Å². The standard InChI is InChI=1S/C23H26N2O8/c1-6-31-20(27)18-19(24)25(11-16(26)30-5)15-10-8-7-9-14(15)23(18)17(13(4)33-22(23)29)21(28)32-12(2)3/h7-10,12H,6,11,24H2,1-5H3. The third-order valence-electron chi connectivity index (χ3n) is 5.34. The quantitative estimate of drug-likeness (QED) is 0.493. The van der Waals surface area contributed by atoms with Crippen molar-refractivity contribution in [1.29, 1.82) is 0 Å². The number of nitrogens with two attached hydrogens (primary N) is 1. The van der Waals surface area contributed by atoms with E-state index in [0.717, 1.165) is 0 Å². The highest BCUT2D eigenvalue weighted by molar-refractivity contribution is 6.16. The highest BCUT2D eigenvalue weighted by Gasteiger charge is 2.63. The lowest BCUT2D eigenvalue weighted by Crippen LogP contribution is -2.51. The van der Waals surface area contributed by atoms with Crippen molar-refractivity contribution in [2.75, 3.05) is 25.2 Å². The first-order chi connectivity index (χ1) is 15.6. The fourth-order valence-corrected chi connectivity index (χ4v) is 4.12. The second kappa shape index (κ2) is 8.97. The Bertz CT molecular complexity index is 1090. The summed E-state index contributed by atoms with van der Waals surface area (Å²) in [6.45, 7) is 5.97. The van der Waals surface area contributed by atoms with E-state index in [1.807, 2.05) is 0 Å². The van der Waals surface area contributed by atoms with E-state index < -0.39 is 35.4 Å². The van der Waals surface area contributed by atoms with E-state index >= 15 is 0 Å². The van der Waals surface area contributed by atoms with Gasteiger partial charge >= 0.3 is 23.9 Å². The fraction of sp³-hybridized carbons (Fsp3) is 0.391. The molecule has 0 saturated heterocycles. The number of methoxy groups -OCH3 is 1. The van der Waals surface area contributed by atoms with Crippen molar-refractivity contribution in [1.82, 2.24) is 0 Å². The molecular weight excluding hydrogens is 432 g/mol. The van der Waals surface area contributed by atoms with Gasteiger partial charge < -0.3 is 29.6 Å². The van der Waals surface area contributed by atoms with E-state index in [9.17, 15) is 19.2 Å². The summed E-state index contributed by atoms with van der Waals surface area (Å²) in [6, 6.07) is 6.48. The fourth-order valence-electron chi connectivity index (χ4n) is 4.12. The minimum atomic E-state index is -2.03. The average molecular weight is 458 g/mol. The van der Waals surface area contributed by atoms with Crippen molar-refractivity contribution in [2.24, 2.45) is 5.73 Å². The maximum atomic E-state index is 13.5. The molecule has 0 saturated carbocycles. The zero-order valence-corrected chi connectivity index (χ0v) is 19.1. The van der Waals surface area contributed by atoms with Crippen LogP contribution in [0.25, 0.3) is 0 Å². The summed E-state index contributed by atoms with van der Waals surface area (Å²) in [7, 11) is 1.21. The molecule has 0 radical (unpaired) electrons. The third-order valence-corrected chi connectivity index (χ3v) is 5.34. The average Bonchev–Trinajstić information content (AvgIpc) is 3.01. The third kappa shape index (κ3) is 3.71. The van der Waals surface area contributed by atoms with E-state index in [1.165, 1.54) is 18.9 Å². The first kappa shape index (κ1) is 23.8. The van der Waals surface area contributed by atoms with E-state index in [-0.39, 0.29) is 41.4 Å². The van der Waals surface area contributed by atoms with Crippen molar-refractivity contribution in [2.45, 2.75) is 39.2 Å². The lowest BCUT2D eigenvalue weighted by Gasteiger charge is -2.40. The monoisotopic (exact) mass is 458 g/mol. The zero-order valence-electron chi connectivity index (χ0n) is 19.1.